The van der Waals surface area contributed by atoms with E-state index in [9.17, 15) is 13.2 Å². The van der Waals surface area contributed by atoms with Crippen LogP contribution in [0.2, 0.25) is 0 Å². The van der Waals surface area contributed by atoms with Crippen LogP contribution in [0.1, 0.15) is 33.1 Å². The third-order valence-electron chi connectivity index (χ3n) is 3.91. The molecule has 0 N–H and O–H groups in total. The summed E-state index contributed by atoms with van der Waals surface area (Å²) in [5.41, 5.74) is -0.0865. The molecule has 0 aromatic rings. The molecule has 0 amide bonds. The lowest BCUT2D eigenvalue weighted by Crippen LogP contribution is -2.45. The molecule has 98 valence electrons. The molecule has 1 fully saturated rings. The molecule has 1 aliphatic heterocycles. The smallest absolute Gasteiger partial charge is 0.295 e. The van der Waals surface area contributed by atoms with E-state index in [1.807, 2.05) is 0 Å². The van der Waals surface area contributed by atoms with Gasteiger partial charge in [-0.25, -0.2) is 0 Å². The fourth-order valence-electron chi connectivity index (χ4n) is 2.53. The number of hydrogen-bond donors (Lipinski definition) is 0. The highest BCUT2D eigenvalue weighted by molar-refractivity contribution is 4.94. The largest absolute Gasteiger partial charge is 0.401 e. The van der Waals surface area contributed by atoms with Crippen molar-refractivity contribution in [2.45, 2.75) is 39.3 Å². The first-order valence-electron chi connectivity index (χ1n) is 5.95. The van der Waals surface area contributed by atoms with Crippen LogP contribution in [-0.2, 0) is 0 Å². The molecule has 1 aliphatic rings. The van der Waals surface area contributed by atoms with Gasteiger partial charge in [0.15, 0.2) is 0 Å². The maximum absolute atomic E-state index is 12.2. The zero-order valence-corrected chi connectivity index (χ0v) is 10.3. The van der Waals surface area contributed by atoms with Gasteiger partial charge in [-0.15, -0.1) is 0 Å². The van der Waals surface area contributed by atoms with E-state index in [4.69, 9.17) is 5.26 Å². The van der Waals surface area contributed by atoms with Gasteiger partial charge in [0.05, 0.1) is 12.6 Å². The summed E-state index contributed by atoms with van der Waals surface area (Å²) in [7, 11) is 0. The van der Waals surface area contributed by atoms with Crippen LogP contribution in [0.15, 0.2) is 0 Å². The van der Waals surface area contributed by atoms with Crippen molar-refractivity contribution in [3.63, 3.8) is 0 Å². The summed E-state index contributed by atoms with van der Waals surface area (Å²) >= 11 is 0. The number of rotatable bonds is 3. The highest BCUT2D eigenvalue weighted by Gasteiger charge is 2.40. The predicted molar refractivity (Wildman–Crippen MR) is 59.2 cm³/mol. The molecule has 2 nitrogen and oxygen atoms in total. The summed E-state index contributed by atoms with van der Waals surface area (Å²) < 4.78 is 36.7. The molecule has 0 spiro atoms. The molecule has 1 saturated heterocycles. The van der Waals surface area contributed by atoms with Crippen LogP contribution in [0.4, 0.5) is 13.2 Å². The molecule has 1 rings (SSSR count). The summed E-state index contributed by atoms with van der Waals surface area (Å²) in [6.45, 7) is 4.17. The molecule has 0 saturated carbocycles. The van der Waals surface area contributed by atoms with E-state index in [-0.39, 0.29) is 5.41 Å². The number of hydrogen-bond acceptors (Lipinski definition) is 2. The Morgan fingerprint density at radius 2 is 1.82 bits per heavy atom. The summed E-state index contributed by atoms with van der Waals surface area (Å²) in [5, 5.41) is 8.84. The van der Waals surface area contributed by atoms with Crippen LogP contribution in [0.25, 0.3) is 0 Å². The fourth-order valence-corrected chi connectivity index (χ4v) is 2.53. The van der Waals surface area contributed by atoms with Crippen LogP contribution >= 0.6 is 0 Å². The minimum absolute atomic E-state index is 0.0865. The monoisotopic (exact) mass is 248 g/mol. The standard InChI is InChI=1S/C12H19F3N2/c1-10(2)11(3-6-16)4-7-17(8-5-11)9-12(13,14)15/h10H,3-5,7-9H2,1-2H3. The molecule has 5 heteroatoms. The molecule has 1 heterocycles. The van der Waals surface area contributed by atoms with E-state index in [1.54, 1.807) is 0 Å². The van der Waals surface area contributed by atoms with Gasteiger partial charge < -0.3 is 0 Å². The summed E-state index contributed by atoms with van der Waals surface area (Å²) in [6, 6.07) is 2.18. The predicted octanol–water partition coefficient (Wildman–Crippen LogP) is 3.20. The average molecular weight is 248 g/mol. The van der Waals surface area contributed by atoms with Crippen molar-refractivity contribution in [3.05, 3.63) is 0 Å². The second-order valence-electron chi connectivity index (χ2n) is 5.24. The van der Waals surface area contributed by atoms with Gasteiger partial charge in [-0.3, -0.25) is 4.90 Å². The second kappa shape index (κ2) is 5.26. The second-order valence-corrected chi connectivity index (χ2v) is 5.24. The Kier molecular flexibility index (Phi) is 4.42. The quantitative estimate of drug-likeness (QED) is 0.767. The van der Waals surface area contributed by atoms with Crippen molar-refractivity contribution < 1.29 is 13.2 Å². The van der Waals surface area contributed by atoms with Crippen molar-refractivity contribution in [3.8, 4) is 6.07 Å². The van der Waals surface area contributed by atoms with E-state index in [0.29, 0.717) is 38.3 Å². The lowest BCUT2D eigenvalue weighted by Gasteiger charge is -2.43. The number of nitriles is 1. The Morgan fingerprint density at radius 1 is 1.29 bits per heavy atom. The zero-order valence-electron chi connectivity index (χ0n) is 10.3. The van der Waals surface area contributed by atoms with Gasteiger partial charge in [0, 0.05) is 6.42 Å². The van der Waals surface area contributed by atoms with Gasteiger partial charge in [0.2, 0.25) is 0 Å². The van der Waals surface area contributed by atoms with Crippen LogP contribution in [0, 0.1) is 22.7 Å². The maximum Gasteiger partial charge on any atom is 0.401 e. The molecule has 0 aliphatic carbocycles. The summed E-state index contributed by atoms with van der Waals surface area (Å²) in [5.74, 6) is 0.343. The fraction of sp³-hybridized carbons (Fsp3) is 0.917. The first kappa shape index (κ1) is 14.3. The zero-order chi connectivity index (χ0) is 13.1. The first-order chi connectivity index (χ1) is 7.79. The van der Waals surface area contributed by atoms with Gasteiger partial charge in [0.25, 0.3) is 0 Å². The minimum atomic E-state index is -4.12. The van der Waals surface area contributed by atoms with Crippen molar-refractivity contribution in [1.29, 1.82) is 5.26 Å². The molecule has 0 aromatic heterocycles. The maximum atomic E-state index is 12.2. The molecular formula is C12H19F3N2. The lowest BCUT2D eigenvalue weighted by molar-refractivity contribution is -0.151. The number of nitrogens with zero attached hydrogens (tertiary/aromatic N) is 2. The normalized spacial score (nSPS) is 21.5. The molecule has 17 heavy (non-hydrogen) atoms. The Morgan fingerprint density at radius 3 is 2.18 bits per heavy atom. The number of likely N-dealkylation sites (tertiary alicyclic amines) is 1. The molecule has 0 unspecified atom stereocenters. The SMILES string of the molecule is CC(C)C1(CC#N)CCN(CC(F)(F)F)CC1. The topological polar surface area (TPSA) is 27.0 Å². The van der Waals surface area contributed by atoms with Crippen LogP contribution < -0.4 is 0 Å². The van der Waals surface area contributed by atoms with Gasteiger partial charge in [-0.2, -0.15) is 18.4 Å². The van der Waals surface area contributed by atoms with E-state index in [2.05, 4.69) is 19.9 Å². The minimum Gasteiger partial charge on any atom is -0.295 e. The molecule has 0 bridgehead atoms. The van der Waals surface area contributed by atoms with Crippen molar-refractivity contribution in [1.82, 2.24) is 4.90 Å². The Hall–Kier alpha value is -0.760. The average Bonchev–Trinajstić information content (AvgIpc) is 2.19. The Bertz CT molecular complexity index is 283. The van der Waals surface area contributed by atoms with Gasteiger partial charge in [0.1, 0.15) is 0 Å². The van der Waals surface area contributed by atoms with Gasteiger partial charge in [-0.05, 0) is 37.3 Å². The van der Waals surface area contributed by atoms with Crippen molar-refractivity contribution in [2.75, 3.05) is 19.6 Å². The highest BCUT2D eigenvalue weighted by atomic mass is 19.4. The highest BCUT2D eigenvalue weighted by Crippen LogP contribution is 2.41. The van der Waals surface area contributed by atoms with Gasteiger partial charge in [-0.1, -0.05) is 13.8 Å². The molecule has 0 aromatic carbocycles. The van der Waals surface area contributed by atoms with Crippen LogP contribution in [0.3, 0.4) is 0 Å². The summed E-state index contributed by atoms with van der Waals surface area (Å²) in [6.07, 6.45) is -2.29. The lowest BCUT2D eigenvalue weighted by atomic mass is 9.68. The number of alkyl halides is 3. The number of piperidine rings is 1. The van der Waals surface area contributed by atoms with E-state index in [1.165, 1.54) is 4.90 Å². The molecule has 0 atom stereocenters. The Labute approximate surface area is 100 Å². The summed E-state index contributed by atoms with van der Waals surface area (Å²) in [4.78, 5) is 1.44. The third kappa shape index (κ3) is 3.88. The first-order valence-corrected chi connectivity index (χ1v) is 5.95. The van der Waals surface area contributed by atoms with Crippen LogP contribution in [0.5, 0.6) is 0 Å². The van der Waals surface area contributed by atoms with E-state index < -0.39 is 12.7 Å². The van der Waals surface area contributed by atoms with Gasteiger partial charge >= 0.3 is 6.18 Å². The number of halogens is 3. The molecule has 0 radical (unpaired) electrons. The Balaban J connectivity index is 2.56. The van der Waals surface area contributed by atoms with E-state index in [0.717, 1.165) is 0 Å². The van der Waals surface area contributed by atoms with Crippen molar-refractivity contribution in [2.24, 2.45) is 11.3 Å². The van der Waals surface area contributed by atoms with Crippen LogP contribution in [-0.4, -0.2) is 30.7 Å². The third-order valence-corrected chi connectivity index (χ3v) is 3.91. The van der Waals surface area contributed by atoms with E-state index >= 15 is 0 Å². The molecular weight excluding hydrogens is 229 g/mol. The van der Waals surface area contributed by atoms with Crippen molar-refractivity contribution >= 4 is 0 Å².